The molecule has 0 amide bonds. The van der Waals surface area contributed by atoms with Gasteiger partial charge in [-0.25, -0.2) is 0 Å². The quantitative estimate of drug-likeness (QED) is 0.473. The monoisotopic (exact) mass is 414 g/mol. The maximum Gasteiger partial charge on any atom is 0.190 e. The van der Waals surface area contributed by atoms with E-state index in [1.54, 1.807) is 0 Å². The zero-order chi connectivity index (χ0) is 21.6. The Kier molecular flexibility index (Phi) is 5.87. The fourth-order valence-electron chi connectivity index (χ4n) is 7.36. The minimum absolute atomic E-state index is 0.00633. The fraction of sp³-hybridized carbons (Fsp3) is 0.769. The number of fused-ring (bicyclic) bond motifs is 5. The number of Topliss-reactive ketones (excluding diaryl/α,β-unsaturated/α-hetero) is 1. The molecular formula is C26H38O4. The second-order valence-corrected chi connectivity index (χ2v) is 10.5. The predicted octanol–water partition coefficient (Wildman–Crippen LogP) is 4.95. The van der Waals surface area contributed by atoms with E-state index >= 15 is 0 Å². The third-order valence-corrected chi connectivity index (χ3v) is 9.15. The fourth-order valence-corrected chi connectivity index (χ4v) is 7.36. The summed E-state index contributed by atoms with van der Waals surface area (Å²) in [6.07, 6.45) is 13.6. The van der Waals surface area contributed by atoms with Crippen LogP contribution in [0.15, 0.2) is 23.3 Å². The average Bonchev–Trinajstić information content (AvgIpc) is 3.04. The number of carbonyl (C=O) groups is 2. The van der Waals surface area contributed by atoms with E-state index in [0.717, 1.165) is 57.8 Å². The predicted molar refractivity (Wildman–Crippen MR) is 117 cm³/mol. The van der Waals surface area contributed by atoms with Gasteiger partial charge < -0.3 is 9.84 Å². The minimum atomic E-state index is -0.859. The van der Waals surface area contributed by atoms with Crippen LogP contribution < -0.4 is 0 Å². The summed E-state index contributed by atoms with van der Waals surface area (Å²) in [5.41, 5.74) is 1.70. The lowest BCUT2D eigenvalue weighted by molar-refractivity contribution is -0.169. The molecule has 0 spiro atoms. The molecule has 0 aromatic rings. The Morgan fingerprint density at radius 2 is 2.00 bits per heavy atom. The topological polar surface area (TPSA) is 63.6 Å². The van der Waals surface area contributed by atoms with Crippen molar-refractivity contribution in [2.45, 2.75) is 90.6 Å². The number of rotatable bonds is 7. The van der Waals surface area contributed by atoms with E-state index in [4.69, 9.17) is 4.74 Å². The number of allylic oxidation sites excluding steroid dienone is 4. The molecule has 0 aliphatic heterocycles. The first-order valence-corrected chi connectivity index (χ1v) is 12.0. The summed E-state index contributed by atoms with van der Waals surface area (Å²) in [7, 11) is 0. The smallest absolute Gasteiger partial charge is 0.190 e. The molecule has 0 saturated heterocycles. The van der Waals surface area contributed by atoms with Crippen molar-refractivity contribution in [1.82, 2.24) is 0 Å². The van der Waals surface area contributed by atoms with Crippen LogP contribution in [0, 0.1) is 22.7 Å². The summed E-state index contributed by atoms with van der Waals surface area (Å²) >= 11 is 0. The highest BCUT2D eigenvalue weighted by Crippen LogP contribution is 2.66. The Morgan fingerprint density at radius 1 is 1.20 bits per heavy atom. The molecule has 0 bridgehead atoms. The molecule has 0 aromatic carbocycles. The van der Waals surface area contributed by atoms with Gasteiger partial charge in [-0.15, -0.1) is 0 Å². The van der Waals surface area contributed by atoms with Crippen molar-refractivity contribution in [3.8, 4) is 0 Å². The molecule has 4 nitrogen and oxygen atoms in total. The molecule has 1 N–H and O–H groups in total. The van der Waals surface area contributed by atoms with Crippen LogP contribution in [0.5, 0.6) is 0 Å². The number of unbranched alkanes of at least 4 members (excludes halogenated alkanes) is 2. The van der Waals surface area contributed by atoms with Crippen molar-refractivity contribution >= 4 is 11.6 Å². The molecular weight excluding hydrogens is 376 g/mol. The first-order chi connectivity index (χ1) is 14.3. The summed E-state index contributed by atoms with van der Waals surface area (Å²) in [5.74, 6) is 0.990. The van der Waals surface area contributed by atoms with Crippen LogP contribution in [0.25, 0.3) is 0 Å². The first kappa shape index (κ1) is 22.0. The highest BCUT2D eigenvalue weighted by molar-refractivity contribution is 5.92. The Labute approximate surface area is 181 Å². The average molecular weight is 415 g/mol. The van der Waals surface area contributed by atoms with Crippen LogP contribution in [0.2, 0.25) is 0 Å². The maximum atomic E-state index is 13.1. The third-order valence-electron chi connectivity index (χ3n) is 9.15. The number of carbonyl (C=O) groups excluding carboxylic acids is 2. The summed E-state index contributed by atoms with van der Waals surface area (Å²) in [6, 6.07) is 0. The van der Waals surface area contributed by atoms with Crippen molar-refractivity contribution in [2.24, 2.45) is 22.7 Å². The van der Waals surface area contributed by atoms with Gasteiger partial charge in [0.2, 0.25) is 0 Å². The number of hydrogen-bond donors (Lipinski definition) is 1. The molecule has 166 valence electrons. The minimum Gasteiger partial charge on any atom is -0.388 e. The molecule has 4 heteroatoms. The van der Waals surface area contributed by atoms with Crippen LogP contribution in [0.3, 0.4) is 0 Å². The van der Waals surface area contributed by atoms with E-state index in [1.807, 2.05) is 6.08 Å². The molecule has 0 radical (unpaired) electrons. The molecule has 4 aliphatic rings. The van der Waals surface area contributed by atoms with Gasteiger partial charge in [0.05, 0.1) is 0 Å². The molecule has 30 heavy (non-hydrogen) atoms. The first-order valence-electron chi connectivity index (χ1n) is 12.0. The van der Waals surface area contributed by atoms with Gasteiger partial charge in [0.15, 0.2) is 11.6 Å². The molecule has 4 rings (SSSR count). The number of ether oxygens (including phenoxy) is 1. The molecule has 2 saturated carbocycles. The third kappa shape index (κ3) is 3.09. The molecule has 0 unspecified atom stereocenters. The van der Waals surface area contributed by atoms with Crippen LogP contribution in [-0.4, -0.2) is 35.5 Å². The highest BCUT2D eigenvalue weighted by atomic mass is 16.5. The number of aliphatic hydroxyl groups is 1. The highest BCUT2D eigenvalue weighted by Gasteiger charge is 2.65. The Balaban J connectivity index is 1.67. The van der Waals surface area contributed by atoms with Gasteiger partial charge in [0.1, 0.15) is 12.2 Å². The van der Waals surface area contributed by atoms with Crippen molar-refractivity contribution in [1.29, 1.82) is 0 Å². The Hall–Kier alpha value is -1.26. The van der Waals surface area contributed by atoms with Gasteiger partial charge in [-0.05, 0) is 62.9 Å². The van der Waals surface area contributed by atoms with Gasteiger partial charge in [-0.1, -0.05) is 50.8 Å². The van der Waals surface area contributed by atoms with Crippen molar-refractivity contribution in [2.75, 3.05) is 13.2 Å². The van der Waals surface area contributed by atoms with Crippen molar-refractivity contribution in [3.63, 3.8) is 0 Å². The second-order valence-electron chi connectivity index (χ2n) is 10.5. The van der Waals surface area contributed by atoms with Gasteiger partial charge in [-0.2, -0.15) is 0 Å². The zero-order valence-corrected chi connectivity index (χ0v) is 19.0. The number of ketones is 2. The Bertz CT molecular complexity index is 780. The maximum absolute atomic E-state index is 13.1. The zero-order valence-electron chi connectivity index (χ0n) is 19.0. The lowest BCUT2D eigenvalue weighted by Crippen LogP contribution is -2.57. The second kappa shape index (κ2) is 8.02. The van der Waals surface area contributed by atoms with Gasteiger partial charge in [-0.3, -0.25) is 9.59 Å². The SMILES string of the molecule is CCCCCO[C@]1(C(=O)CO)CC[C@H]2[C@@H]3CCC4=CC(=O)CC[C@]4(C)C3=CC[C@@]21C. The van der Waals surface area contributed by atoms with Crippen molar-refractivity contribution in [3.05, 3.63) is 23.3 Å². The molecule has 4 aliphatic carbocycles. The molecule has 0 heterocycles. The van der Waals surface area contributed by atoms with E-state index in [2.05, 4.69) is 26.8 Å². The van der Waals surface area contributed by atoms with Crippen LogP contribution in [0.4, 0.5) is 0 Å². The van der Waals surface area contributed by atoms with Gasteiger partial charge in [0, 0.05) is 23.9 Å². The number of aliphatic hydroxyl groups excluding tert-OH is 1. The van der Waals surface area contributed by atoms with Crippen LogP contribution in [-0.2, 0) is 14.3 Å². The molecule has 5 atom stereocenters. The van der Waals surface area contributed by atoms with Crippen molar-refractivity contribution < 1.29 is 19.4 Å². The van der Waals surface area contributed by atoms with E-state index in [1.165, 1.54) is 11.1 Å². The largest absolute Gasteiger partial charge is 0.388 e. The standard InChI is InChI=1S/C26H38O4/c1-4-5-6-15-30-26(23(29)17-27)14-11-22-20-8-7-18-16-19(28)9-12-24(18,2)21(20)10-13-25(22,26)3/h10,16,20,22,27H,4-9,11-15,17H2,1-3H3/t20-,22+,24+,25+,26+/m1/s1. The summed E-state index contributed by atoms with van der Waals surface area (Å²) in [5, 5.41) is 9.84. The molecule has 0 aromatic heterocycles. The van der Waals surface area contributed by atoms with E-state index in [9.17, 15) is 14.7 Å². The lowest BCUT2D eigenvalue weighted by atomic mass is 9.50. The van der Waals surface area contributed by atoms with Crippen LogP contribution in [0.1, 0.15) is 85.0 Å². The van der Waals surface area contributed by atoms with E-state index in [-0.39, 0.29) is 22.4 Å². The lowest BCUT2D eigenvalue weighted by Gasteiger charge is -2.55. The number of hydrogen-bond acceptors (Lipinski definition) is 4. The summed E-state index contributed by atoms with van der Waals surface area (Å²) < 4.78 is 6.45. The summed E-state index contributed by atoms with van der Waals surface area (Å²) in [6.45, 7) is 6.89. The normalized spacial score (nSPS) is 40.2. The van der Waals surface area contributed by atoms with Crippen LogP contribution >= 0.6 is 0 Å². The summed E-state index contributed by atoms with van der Waals surface area (Å²) in [4.78, 5) is 25.1. The van der Waals surface area contributed by atoms with Gasteiger partial charge in [0.25, 0.3) is 0 Å². The Morgan fingerprint density at radius 3 is 2.73 bits per heavy atom. The van der Waals surface area contributed by atoms with Gasteiger partial charge >= 0.3 is 0 Å². The van der Waals surface area contributed by atoms with E-state index in [0.29, 0.717) is 24.9 Å². The molecule has 2 fully saturated rings. The van der Waals surface area contributed by atoms with E-state index < -0.39 is 12.2 Å².